The molecule has 0 radical (unpaired) electrons. The fourth-order valence-corrected chi connectivity index (χ4v) is 5.20. The van der Waals surface area contributed by atoms with Crippen molar-refractivity contribution >= 4 is 23.2 Å². The first-order chi connectivity index (χ1) is 14.0. The third-order valence-corrected chi connectivity index (χ3v) is 6.74. The molecule has 0 saturated carbocycles. The largest absolute Gasteiger partial charge is 0.487 e. The second-order valence-corrected chi connectivity index (χ2v) is 9.37. The van der Waals surface area contributed by atoms with Crippen LogP contribution in [0.3, 0.4) is 0 Å². The van der Waals surface area contributed by atoms with Crippen LogP contribution in [0, 0.1) is 0 Å². The molecule has 2 aliphatic rings. The van der Waals surface area contributed by atoms with E-state index in [9.17, 15) is 9.59 Å². The van der Waals surface area contributed by atoms with E-state index in [2.05, 4.69) is 11.4 Å². The number of carbonyl (C=O) groups is 2. The summed E-state index contributed by atoms with van der Waals surface area (Å²) in [5.41, 5.74) is 0.817. The van der Waals surface area contributed by atoms with E-state index < -0.39 is 0 Å². The monoisotopic (exact) mass is 412 g/mol. The maximum absolute atomic E-state index is 12.7. The van der Waals surface area contributed by atoms with Crippen molar-refractivity contribution in [1.82, 2.24) is 10.2 Å². The van der Waals surface area contributed by atoms with Gasteiger partial charge < -0.3 is 15.0 Å². The third kappa shape index (κ3) is 4.32. The lowest BCUT2D eigenvalue weighted by Crippen LogP contribution is -2.52. The summed E-state index contributed by atoms with van der Waals surface area (Å²) in [6.07, 6.45) is 2.87. The highest BCUT2D eigenvalue weighted by molar-refractivity contribution is 7.12. The number of carbonyl (C=O) groups excluding carboxylic acids is 2. The molecule has 1 atom stereocenters. The molecule has 2 amide bonds. The highest BCUT2D eigenvalue weighted by atomic mass is 32.1. The maximum Gasteiger partial charge on any atom is 0.263 e. The minimum Gasteiger partial charge on any atom is -0.487 e. The highest BCUT2D eigenvalue weighted by Crippen LogP contribution is 2.46. The Morgan fingerprint density at radius 3 is 2.66 bits per heavy atom. The number of likely N-dealkylation sites (tertiary alicyclic amines) is 1. The van der Waals surface area contributed by atoms with Gasteiger partial charge in [0.2, 0.25) is 5.91 Å². The van der Waals surface area contributed by atoms with Crippen LogP contribution in [0.25, 0.3) is 0 Å². The summed E-state index contributed by atoms with van der Waals surface area (Å²) in [5.74, 6) is 1.22. The van der Waals surface area contributed by atoms with Gasteiger partial charge in [0.15, 0.2) is 0 Å². The molecule has 0 bridgehead atoms. The molecule has 154 valence electrons. The average Bonchev–Trinajstić information content (AvgIpc) is 3.22. The zero-order valence-corrected chi connectivity index (χ0v) is 17.8. The van der Waals surface area contributed by atoms with Gasteiger partial charge in [-0.25, -0.2) is 0 Å². The molecule has 1 fully saturated rings. The van der Waals surface area contributed by atoms with Crippen LogP contribution in [0.5, 0.6) is 5.75 Å². The van der Waals surface area contributed by atoms with Crippen LogP contribution in [0.4, 0.5) is 0 Å². The van der Waals surface area contributed by atoms with Crippen LogP contribution in [0.15, 0.2) is 41.8 Å². The average molecular weight is 413 g/mol. The van der Waals surface area contributed by atoms with Crippen molar-refractivity contribution in [2.75, 3.05) is 13.1 Å². The Morgan fingerprint density at radius 1 is 1.21 bits per heavy atom. The van der Waals surface area contributed by atoms with Crippen LogP contribution in [0.2, 0.25) is 0 Å². The Kier molecular flexibility index (Phi) is 5.63. The Morgan fingerprint density at radius 2 is 1.97 bits per heavy atom. The van der Waals surface area contributed by atoms with Crippen molar-refractivity contribution in [2.24, 2.45) is 0 Å². The molecule has 3 heterocycles. The summed E-state index contributed by atoms with van der Waals surface area (Å²) >= 11 is 1.49. The lowest BCUT2D eigenvalue weighted by Gasteiger charge is -2.46. The molecule has 2 aromatic rings. The molecule has 1 saturated heterocycles. The topological polar surface area (TPSA) is 58.6 Å². The number of hydrogen-bond donors (Lipinski definition) is 1. The molecule has 6 heteroatoms. The number of fused-ring (bicyclic) bond motifs is 1. The molecule has 1 spiro atoms. The second kappa shape index (κ2) is 8.19. The van der Waals surface area contributed by atoms with Gasteiger partial charge in [-0.1, -0.05) is 24.3 Å². The number of para-hydroxylation sites is 1. The molecule has 1 unspecified atom stereocenters. The van der Waals surface area contributed by atoms with Crippen molar-refractivity contribution in [2.45, 2.75) is 57.1 Å². The van der Waals surface area contributed by atoms with E-state index in [1.165, 1.54) is 11.3 Å². The van der Waals surface area contributed by atoms with Crippen molar-refractivity contribution in [3.8, 4) is 5.75 Å². The first-order valence-electron chi connectivity index (χ1n) is 10.4. The van der Waals surface area contributed by atoms with E-state index in [-0.39, 0.29) is 29.4 Å². The molecule has 0 aliphatic carbocycles. The summed E-state index contributed by atoms with van der Waals surface area (Å²) < 4.78 is 6.51. The van der Waals surface area contributed by atoms with Gasteiger partial charge in [-0.3, -0.25) is 9.59 Å². The minimum absolute atomic E-state index is 0.0853. The van der Waals surface area contributed by atoms with Gasteiger partial charge in [0.1, 0.15) is 11.4 Å². The summed E-state index contributed by atoms with van der Waals surface area (Å²) in [5, 5.41) is 4.96. The van der Waals surface area contributed by atoms with Gasteiger partial charge in [0, 0.05) is 44.3 Å². The number of ether oxygens (including phenoxy) is 1. The smallest absolute Gasteiger partial charge is 0.263 e. The van der Waals surface area contributed by atoms with E-state index >= 15 is 0 Å². The van der Waals surface area contributed by atoms with Crippen molar-refractivity contribution in [3.63, 3.8) is 0 Å². The maximum atomic E-state index is 12.7. The predicted molar refractivity (Wildman–Crippen MR) is 115 cm³/mol. The zero-order chi connectivity index (χ0) is 20.4. The Bertz CT molecular complexity index is 870. The van der Waals surface area contributed by atoms with Crippen molar-refractivity contribution < 1.29 is 14.3 Å². The molecule has 2 aliphatic heterocycles. The van der Waals surface area contributed by atoms with Crippen molar-refractivity contribution in [3.05, 3.63) is 52.2 Å². The van der Waals surface area contributed by atoms with Crippen LogP contribution in [0.1, 0.15) is 60.7 Å². The van der Waals surface area contributed by atoms with Gasteiger partial charge in [0.05, 0.1) is 4.88 Å². The first kappa shape index (κ1) is 20.0. The van der Waals surface area contributed by atoms with Crippen LogP contribution >= 0.6 is 11.3 Å². The highest BCUT2D eigenvalue weighted by Gasteiger charge is 2.44. The lowest BCUT2D eigenvalue weighted by molar-refractivity contribution is -0.122. The number of piperidine rings is 1. The number of benzene rings is 1. The lowest BCUT2D eigenvalue weighted by atomic mass is 9.76. The molecule has 29 heavy (non-hydrogen) atoms. The van der Waals surface area contributed by atoms with E-state index in [1.807, 2.05) is 54.5 Å². The quantitative estimate of drug-likeness (QED) is 0.819. The molecule has 1 N–H and O–H groups in total. The van der Waals surface area contributed by atoms with E-state index in [0.29, 0.717) is 19.5 Å². The Labute approximate surface area is 176 Å². The van der Waals surface area contributed by atoms with Crippen LogP contribution in [-0.2, 0) is 4.79 Å². The first-order valence-corrected chi connectivity index (χ1v) is 11.2. The van der Waals surface area contributed by atoms with E-state index in [1.54, 1.807) is 0 Å². The molecular formula is C23H28N2O3S. The Hall–Kier alpha value is -2.34. The zero-order valence-electron chi connectivity index (χ0n) is 17.0. The van der Waals surface area contributed by atoms with E-state index in [4.69, 9.17) is 4.74 Å². The number of amides is 2. The standard InChI is InChI=1S/C23H28N2O3S/c1-16(2)24-21(26)14-17-15-23(28-19-7-4-3-6-18(17)19)9-11-25(12-10-23)22(27)20-8-5-13-29-20/h3-8,13,16-17H,9-12,14-15H2,1-2H3,(H,24,26). The van der Waals surface area contributed by atoms with Crippen molar-refractivity contribution in [1.29, 1.82) is 0 Å². The Balaban J connectivity index is 1.49. The van der Waals surface area contributed by atoms with Gasteiger partial charge in [-0.15, -0.1) is 11.3 Å². The van der Waals surface area contributed by atoms with Gasteiger partial charge >= 0.3 is 0 Å². The second-order valence-electron chi connectivity index (χ2n) is 8.42. The number of nitrogens with one attached hydrogen (secondary N) is 1. The number of thiophene rings is 1. The fraction of sp³-hybridized carbons (Fsp3) is 0.478. The molecular weight excluding hydrogens is 384 g/mol. The summed E-state index contributed by atoms with van der Waals surface area (Å²) in [4.78, 5) is 27.9. The van der Waals surface area contributed by atoms with Crippen LogP contribution in [-0.4, -0.2) is 41.4 Å². The van der Waals surface area contributed by atoms with Gasteiger partial charge in [-0.05, 0) is 43.3 Å². The molecule has 4 rings (SSSR count). The number of rotatable bonds is 4. The number of hydrogen-bond acceptors (Lipinski definition) is 4. The molecule has 5 nitrogen and oxygen atoms in total. The fourth-order valence-electron chi connectivity index (χ4n) is 4.51. The van der Waals surface area contributed by atoms with Crippen LogP contribution < -0.4 is 10.1 Å². The predicted octanol–water partition coefficient (Wildman–Crippen LogP) is 4.20. The number of nitrogens with zero attached hydrogens (tertiary/aromatic N) is 1. The van der Waals surface area contributed by atoms with Gasteiger partial charge in [0.25, 0.3) is 5.91 Å². The minimum atomic E-state index is -0.302. The normalized spacial score (nSPS) is 20.2. The summed E-state index contributed by atoms with van der Waals surface area (Å²) in [6, 6.07) is 12.0. The van der Waals surface area contributed by atoms with E-state index in [0.717, 1.165) is 35.5 Å². The summed E-state index contributed by atoms with van der Waals surface area (Å²) in [7, 11) is 0. The molecule has 1 aromatic heterocycles. The molecule has 1 aromatic carbocycles. The SMILES string of the molecule is CC(C)NC(=O)CC1CC2(CCN(C(=O)c3cccs3)CC2)Oc2ccccc21. The summed E-state index contributed by atoms with van der Waals surface area (Å²) in [6.45, 7) is 5.34. The van der Waals surface area contributed by atoms with Gasteiger partial charge in [-0.2, -0.15) is 0 Å². The third-order valence-electron chi connectivity index (χ3n) is 5.88.